The lowest BCUT2D eigenvalue weighted by Gasteiger charge is -2.39. The first kappa shape index (κ1) is 33.6. The number of fused-ring (bicyclic) bond motifs is 2. The summed E-state index contributed by atoms with van der Waals surface area (Å²) in [5, 5.41) is 12.4. The van der Waals surface area contributed by atoms with Crippen molar-refractivity contribution in [2.24, 2.45) is 0 Å². The van der Waals surface area contributed by atoms with Crippen LogP contribution in [0.3, 0.4) is 0 Å². The SMILES string of the molecule is Cc1c(Oc2cccc(C(c3ccc4ccccc4c3)N3CCNC(C)C3)c2C)cccc1C(c1ccc2ccccc2c1)N1CCNC(C)C1. The molecule has 0 bridgehead atoms. The van der Waals surface area contributed by atoms with Gasteiger partial charge in [-0.15, -0.1) is 0 Å². The second-order valence-corrected chi connectivity index (χ2v) is 14.8. The Hall–Kier alpha value is -4.52. The zero-order valence-electron chi connectivity index (χ0n) is 30.4. The molecule has 5 nitrogen and oxygen atoms in total. The predicted octanol–water partition coefficient (Wildman–Crippen LogP) is 9.17. The molecule has 0 radical (unpaired) electrons. The van der Waals surface area contributed by atoms with Crippen molar-refractivity contribution < 1.29 is 4.74 Å². The van der Waals surface area contributed by atoms with Crippen LogP contribution in [0, 0.1) is 13.8 Å². The van der Waals surface area contributed by atoms with Crippen molar-refractivity contribution in [1.29, 1.82) is 0 Å². The van der Waals surface area contributed by atoms with Crippen molar-refractivity contribution in [3.05, 3.63) is 155 Å². The van der Waals surface area contributed by atoms with Crippen molar-refractivity contribution in [2.75, 3.05) is 39.3 Å². The second-order valence-electron chi connectivity index (χ2n) is 14.8. The van der Waals surface area contributed by atoms with Gasteiger partial charge in [-0.2, -0.15) is 0 Å². The molecular formula is C46H50N4O. The van der Waals surface area contributed by atoms with E-state index in [1.165, 1.54) is 54.9 Å². The molecule has 2 fully saturated rings. The van der Waals surface area contributed by atoms with Gasteiger partial charge in [0, 0.05) is 51.4 Å². The highest BCUT2D eigenvalue weighted by Gasteiger charge is 2.30. The molecule has 6 aromatic carbocycles. The standard InChI is InChI=1S/C46H50N4O/c1-31-29-49(25-23-47-31)45(39-21-19-35-11-5-7-13-37(35)27-39)41-15-9-17-43(33(41)3)51-44-18-10-16-42(34(44)4)46(50-26-24-48-32(2)30-50)40-22-20-36-12-6-8-14-38(36)28-40/h5-22,27-28,31-32,45-48H,23-26,29-30H2,1-4H3. The number of hydrogen-bond acceptors (Lipinski definition) is 5. The summed E-state index contributed by atoms with van der Waals surface area (Å²) in [5.74, 6) is 1.83. The molecule has 2 heterocycles. The van der Waals surface area contributed by atoms with Crippen LogP contribution < -0.4 is 15.4 Å². The third-order valence-electron chi connectivity index (χ3n) is 11.2. The summed E-state index contributed by atoms with van der Waals surface area (Å²) in [4.78, 5) is 5.29. The summed E-state index contributed by atoms with van der Waals surface area (Å²) in [6.45, 7) is 15.0. The van der Waals surface area contributed by atoms with E-state index < -0.39 is 0 Å². The second kappa shape index (κ2) is 14.6. The van der Waals surface area contributed by atoms with E-state index in [9.17, 15) is 0 Å². The number of hydrogen-bond donors (Lipinski definition) is 2. The maximum absolute atomic E-state index is 6.99. The Morgan fingerprint density at radius 1 is 0.529 bits per heavy atom. The Kier molecular flexibility index (Phi) is 9.63. The molecule has 2 saturated heterocycles. The van der Waals surface area contributed by atoms with Crippen LogP contribution in [-0.2, 0) is 0 Å². The fourth-order valence-corrected chi connectivity index (χ4v) is 8.52. The first-order valence-corrected chi connectivity index (χ1v) is 18.7. The normalized spacial score (nSPS) is 20.0. The molecule has 2 aliphatic heterocycles. The summed E-state index contributed by atoms with van der Waals surface area (Å²) >= 11 is 0. The Morgan fingerprint density at radius 3 is 1.39 bits per heavy atom. The molecule has 0 aliphatic carbocycles. The van der Waals surface area contributed by atoms with Crippen molar-refractivity contribution in [3.8, 4) is 11.5 Å². The lowest BCUT2D eigenvalue weighted by atomic mass is 9.90. The molecule has 0 spiro atoms. The molecule has 8 rings (SSSR count). The van der Waals surface area contributed by atoms with E-state index in [0.717, 1.165) is 50.8 Å². The first-order chi connectivity index (χ1) is 24.9. The Labute approximate surface area is 303 Å². The van der Waals surface area contributed by atoms with Crippen LogP contribution in [0.25, 0.3) is 21.5 Å². The third-order valence-corrected chi connectivity index (χ3v) is 11.2. The van der Waals surface area contributed by atoms with Gasteiger partial charge in [0.2, 0.25) is 0 Å². The quantitative estimate of drug-likeness (QED) is 0.169. The smallest absolute Gasteiger partial charge is 0.130 e. The number of piperazine rings is 2. The molecule has 51 heavy (non-hydrogen) atoms. The third kappa shape index (κ3) is 6.92. The van der Waals surface area contributed by atoms with Gasteiger partial charge < -0.3 is 15.4 Å². The number of nitrogens with zero attached hydrogens (tertiary/aromatic N) is 2. The van der Waals surface area contributed by atoms with Crippen LogP contribution in [0.5, 0.6) is 11.5 Å². The zero-order chi connectivity index (χ0) is 34.9. The van der Waals surface area contributed by atoms with Crippen LogP contribution in [0.4, 0.5) is 0 Å². The summed E-state index contributed by atoms with van der Waals surface area (Å²) in [6, 6.07) is 45.7. The predicted molar refractivity (Wildman–Crippen MR) is 212 cm³/mol. The molecule has 4 atom stereocenters. The van der Waals surface area contributed by atoms with E-state index in [4.69, 9.17) is 4.74 Å². The fourth-order valence-electron chi connectivity index (χ4n) is 8.52. The van der Waals surface area contributed by atoms with Gasteiger partial charge in [-0.3, -0.25) is 9.80 Å². The van der Waals surface area contributed by atoms with Crippen LogP contribution in [-0.4, -0.2) is 61.2 Å². The van der Waals surface area contributed by atoms with E-state index in [0.29, 0.717) is 12.1 Å². The maximum Gasteiger partial charge on any atom is 0.130 e. The number of rotatable bonds is 8. The topological polar surface area (TPSA) is 39.8 Å². The zero-order valence-corrected chi connectivity index (χ0v) is 30.4. The molecule has 260 valence electrons. The van der Waals surface area contributed by atoms with E-state index in [1.54, 1.807) is 0 Å². The largest absolute Gasteiger partial charge is 0.457 e. The lowest BCUT2D eigenvalue weighted by Crippen LogP contribution is -2.50. The molecule has 5 heteroatoms. The molecule has 2 aliphatic rings. The van der Waals surface area contributed by atoms with E-state index >= 15 is 0 Å². The van der Waals surface area contributed by atoms with Gasteiger partial charge in [0.15, 0.2) is 0 Å². The van der Waals surface area contributed by atoms with Gasteiger partial charge in [0.25, 0.3) is 0 Å². The minimum atomic E-state index is 0.127. The summed E-state index contributed by atoms with van der Waals surface area (Å²) in [5.41, 5.74) is 7.63. The average molecular weight is 675 g/mol. The van der Waals surface area contributed by atoms with Crippen LogP contribution in [0.1, 0.15) is 59.3 Å². The fraction of sp³-hybridized carbons (Fsp3) is 0.304. The van der Waals surface area contributed by atoms with E-state index in [2.05, 4.69) is 169 Å². The van der Waals surface area contributed by atoms with Crippen molar-refractivity contribution >= 4 is 21.5 Å². The van der Waals surface area contributed by atoms with Gasteiger partial charge in [0.05, 0.1) is 12.1 Å². The van der Waals surface area contributed by atoms with E-state index in [-0.39, 0.29) is 12.1 Å². The molecule has 0 amide bonds. The van der Waals surface area contributed by atoms with Gasteiger partial charge >= 0.3 is 0 Å². The van der Waals surface area contributed by atoms with Crippen molar-refractivity contribution in [1.82, 2.24) is 20.4 Å². The van der Waals surface area contributed by atoms with Crippen molar-refractivity contribution in [2.45, 2.75) is 51.9 Å². The Balaban J connectivity index is 1.17. The highest BCUT2D eigenvalue weighted by molar-refractivity contribution is 5.84. The Bertz CT molecular complexity index is 2010. The maximum atomic E-state index is 6.99. The van der Waals surface area contributed by atoms with Crippen molar-refractivity contribution in [3.63, 3.8) is 0 Å². The van der Waals surface area contributed by atoms with Crippen LogP contribution in [0.2, 0.25) is 0 Å². The molecule has 6 aromatic rings. The van der Waals surface area contributed by atoms with Crippen LogP contribution in [0.15, 0.2) is 121 Å². The number of benzene rings is 6. The minimum Gasteiger partial charge on any atom is -0.457 e. The van der Waals surface area contributed by atoms with Crippen LogP contribution >= 0.6 is 0 Å². The van der Waals surface area contributed by atoms with Gasteiger partial charge in [0.1, 0.15) is 11.5 Å². The molecular weight excluding hydrogens is 625 g/mol. The molecule has 0 aromatic heterocycles. The first-order valence-electron chi connectivity index (χ1n) is 18.7. The Morgan fingerprint density at radius 2 is 0.961 bits per heavy atom. The van der Waals surface area contributed by atoms with Gasteiger partial charge in [-0.25, -0.2) is 0 Å². The summed E-state index contributed by atoms with van der Waals surface area (Å²) in [7, 11) is 0. The summed E-state index contributed by atoms with van der Waals surface area (Å²) < 4.78 is 6.99. The minimum absolute atomic E-state index is 0.127. The molecule has 4 unspecified atom stereocenters. The number of nitrogens with one attached hydrogen (secondary N) is 2. The summed E-state index contributed by atoms with van der Waals surface area (Å²) in [6.07, 6.45) is 0. The van der Waals surface area contributed by atoms with Gasteiger partial charge in [-0.05, 0) is 107 Å². The van der Waals surface area contributed by atoms with E-state index in [1.807, 2.05) is 0 Å². The highest BCUT2D eigenvalue weighted by Crippen LogP contribution is 2.41. The molecule has 0 saturated carbocycles. The van der Waals surface area contributed by atoms with Gasteiger partial charge in [-0.1, -0.05) is 97.1 Å². The number of ether oxygens (including phenoxy) is 1. The highest BCUT2D eigenvalue weighted by atomic mass is 16.5. The molecule has 2 N–H and O–H groups in total. The lowest BCUT2D eigenvalue weighted by molar-refractivity contribution is 0.169. The average Bonchev–Trinajstić information content (AvgIpc) is 3.15. The monoisotopic (exact) mass is 674 g/mol.